The molecule has 9 nitrogen and oxygen atoms in total. The van der Waals surface area contributed by atoms with E-state index in [9.17, 15) is 9.59 Å². The van der Waals surface area contributed by atoms with Crippen molar-refractivity contribution in [2.24, 2.45) is 7.05 Å². The summed E-state index contributed by atoms with van der Waals surface area (Å²) in [5, 5.41) is 9.99. The number of rotatable bonds is 6. The number of carbonyl (C=O) groups is 2. The van der Waals surface area contributed by atoms with Crippen molar-refractivity contribution in [3.05, 3.63) is 29.8 Å². The van der Waals surface area contributed by atoms with Crippen molar-refractivity contribution in [3.63, 3.8) is 0 Å². The number of urea groups is 1. The van der Waals surface area contributed by atoms with Crippen LogP contribution in [0.2, 0.25) is 0 Å². The van der Waals surface area contributed by atoms with Gasteiger partial charge in [-0.2, -0.15) is 4.98 Å². The summed E-state index contributed by atoms with van der Waals surface area (Å²) < 4.78 is 1.70. The molecule has 0 unspecified atom stereocenters. The predicted octanol–water partition coefficient (Wildman–Crippen LogP) is 0.303. The van der Waals surface area contributed by atoms with E-state index < -0.39 is 0 Å². The highest BCUT2D eigenvalue weighted by Crippen LogP contribution is 2.19. The van der Waals surface area contributed by atoms with Crippen LogP contribution in [-0.2, 0) is 7.05 Å². The van der Waals surface area contributed by atoms with E-state index in [1.807, 2.05) is 38.2 Å². The second-order valence-electron chi connectivity index (χ2n) is 6.31. The minimum Gasteiger partial charge on any atom is -0.350 e. The van der Waals surface area contributed by atoms with Gasteiger partial charge in [0.15, 0.2) is 5.82 Å². The first kappa shape index (κ1) is 17.7. The Hall–Kier alpha value is -3.10. The fourth-order valence-electron chi connectivity index (χ4n) is 2.82. The number of benzene rings is 1. The van der Waals surface area contributed by atoms with Gasteiger partial charge in [0.1, 0.15) is 0 Å². The van der Waals surface area contributed by atoms with Crippen LogP contribution in [0, 0.1) is 0 Å². The van der Waals surface area contributed by atoms with Gasteiger partial charge in [0.25, 0.3) is 5.91 Å². The lowest BCUT2D eigenvalue weighted by atomic mass is 10.1. The summed E-state index contributed by atoms with van der Waals surface area (Å²) in [6.07, 6.45) is 0. The number of hydrogen-bond donors (Lipinski definition) is 2. The average molecular weight is 357 g/mol. The Kier molecular flexibility index (Phi) is 5.06. The van der Waals surface area contributed by atoms with Crippen LogP contribution in [0.15, 0.2) is 24.3 Å². The number of anilines is 1. The van der Waals surface area contributed by atoms with Crippen molar-refractivity contribution < 1.29 is 9.59 Å². The van der Waals surface area contributed by atoms with Crippen molar-refractivity contribution in [3.8, 4) is 11.4 Å². The third-order valence-corrected chi connectivity index (χ3v) is 4.14. The Morgan fingerprint density at radius 1 is 1.38 bits per heavy atom. The first-order chi connectivity index (χ1) is 12.5. The maximum atomic E-state index is 12.4. The molecule has 1 aromatic heterocycles. The van der Waals surface area contributed by atoms with Crippen LogP contribution < -0.4 is 15.5 Å². The molecule has 0 radical (unpaired) electrons. The Balaban J connectivity index is 1.65. The van der Waals surface area contributed by atoms with E-state index in [1.54, 1.807) is 21.7 Å². The largest absolute Gasteiger partial charge is 0.350 e. The summed E-state index contributed by atoms with van der Waals surface area (Å²) in [5.74, 6) is 1.12. The lowest BCUT2D eigenvalue weighted by molar-refractivity contribution is 0.0950. The molecule has 2 N–H and O–H groups in total. The fraction of sp³-hybridized carbons (Fsp3) is 0.412. The van der Waals surface area contributed by atoms with E-state index in [2.05, 4.69) is 20.7 Å². The van der Waals surface area contributed by atoms with Gasteiger partial charge < -0.3 is 20.4 Å². The molecule has 1 aliphatic rings. The molecule has 2 heterocycles. The van der Waals surface area contributed by atoms with E-state index in [0.717, 1.165) is 11.5 Å². The van der Waals surface area contributed by atoms with Crippen molar-refractivity contribution in [1.29, 1.82) is 0 Å². The van der Waals surface area contributed by atoms with Crippen LogP contribution in [-0.4, -0.2) is 71.9 Å². The minimum atomic E-state index is -0.185. The molecule has 26 heavy (non-hydrogen) atoms. The summed E-state index contributed by atoms with van der Waals surface area (Å²) in [6, 6.07) is 7.12. The topological polar surface area (TPSA) is 95.4 Å². The second kappa shape index (κ2) is 7.42. The van der Waals surface area contributed by atoms with Gasteiger partial charge >= 0.3 is 6.03 Å². The van der Waals surface area contributed by atoms with E-state index in [4.69, 9.17) is 0 Å². The molecule has 0 aliphatic carbocycles. The number of nitrogens with one attached hydrogen (secondary N) is 2. The third kappa shape index (κ3) is 3.76. The highest BCUT2D eigenvalue weighted by Gasteiger charge is 2.19. The van der Waals surface area contributed by atoms with E-state index in [-0.39, 0.29) is 11.9 Å². The van der Waals surface area contributed by atoms with Crippen LogP contribution in [0.1, 0.15) is 10.4 Å². The number of aromatic nitrogens is 3. The van der Waals surface area contributed by atoms with Crippen LogP contribution in [0.5, 0.6) is 0 Å². The van der Waals surface area contributed by atoms with E-state index >= 15 is 0 Å². The molecular formula is C17H23N7O2. The molecule has 3 amide bonds. The minimum absolute atomic E-state index is 0.0841. The zero-order valence-corrected chi connectivity index (χ0v) is 15.2. The monoisotopic (exact) mass is 357 g/mol. The summed E-state index contributed by atoms with van der Waals surface area (Å²) in [4.78, 5) is 31.9. The third-order valence-electron chi connectivity index (χ3n) is 4.14. The van der Waals surface area contributed by atoms with Crippen molar-refractivity contribution in [2.45, 2.75) is 0 Å². The zero-order chi connectivity index (χ0) is 18.7. The van der Waals surface area contributed by atoms with Gasteiger partial charge in [-0.3, -0.25) is 4.79 Å². The molecule has 1 fully saturated rings. The Bertz CT molecular complexity index is 815. The summed E-state index contributed by atoms with van der Waals surface area (Å²) in [7, 11) is 5.63. The van der Waals surface area contributed by atoms with Gasteiger partial charge in [-0.25, -0.2) is 9.48 Å². The SMILES string of the molecule is CN(C)c1nc(-c2cccc(C(=O)NCCN3CCNC3=O)c2)nn1C. The van der Waals surface area contributed by atoms with Crippen molar-refractivity contribution in [2.75, 3.05) is 45.2 Å². The summed E-state index contributed by atoms with van der Waals surface area (Å²) in [6.45, 7) is 2.22. The number of aryl methyl sites for hydroxylation is 1. The van der Waals surface area contributed by atoms with E-state index in [1.165, 1.54) is 0 Å². The molecule has 0 bridgehead atoms. The number of amides is 3. The molecule has 1 aromatic carbocycles. The lowest BCUT2D eigenvalue weighted by Crippen LogP contribution is -2.36. The normalized spacial score (nSPS) is 13.7. The fourth-order valence-corrected chi connectivity index (χ4v) is 2.82. The Morgan fingerprint density at radius 3 is 2.85 bits per heavy atom. The molecule has 0 atom stereocenters. The molecule has 138 valence electrons. The molecule has 1 saturated heterocycles. The Labute approximate surface area is 152 Å². The van der Waals surface area contributed by atoms with Crippen LogP contribution >= 0.6 is 0 Å². The van der Waals surface area contributed by atoms with Gasteiger partial charge in [-0.15, -0.1) is 5.10 Å². The van der Waals surface area contributed by atoms with Crippen molar-refractivity contribution >= 4 is 17.9 Å². The molecule has 1 aliphatic heterocycles. The van der Waals surface area contributed by atoms with Gasteiger partial charge in [0, 0.05) is 58.4 Å². The maximum absolute atomic E-state index is 12.4. The standard InChI is InChI=1S/C17H23N7O2/c1-22(2)16-20-14(21-23(16)3)12-5-4-6-13(11-12)15(25)18-7-9-24-10-8-19-17(24)26/h4-6,11H,7-10H2,1-3H3,(H,18,25)(H,19,26). The van der Waals surface area contributed by atoms with Gasteiger partial charge in [0.2, 0.25) is 5.95 Å². The molecule has 0 spiro atoms. The first-order valence-corrected chi connectivity index (χ1v) is 8.45. The molecule has 9 heteroatoms. The van der Waals surface area contributed by atoms with Crippen LogP contribution in [0.4, 0.5) is 10.7 Å². The second-order valence-corrected chi connectivity index (χ2v) is 6.31. The van der Waals surface area contributed by atoms with Crippen LogP contribution in [0.25, 0.3) is 11.4 Å². The smallest absolute Gasteiger partial charge is 0.317 e. The summed E-state index contributed by atoms with van der Waals surface area (Å²) >= 11 is 0. The summed E-state index contributed by atoms with van der Waals surface area (Å²) in [5.41, 5.74) is 1.31. The number of hydrogen-bond acceptors (Lipinski definition) is 5. The zero-order valence-electron chi connectivity index (χ0n) is 15.2. The molecular weight excluding hydrogens is 334 g/mol. The van der Waals surface area contributed by atoms with Gasteiger partial charge in [0.05, 0.1) is 0 Å². The highest BCUT2D eigenvalue weighted by molar-refractivity contribution is 5.95. The number of carbonyl (C=O) groups excluding carboxylic acids is 2. The predicted molar refractivity (Wildman–Crippen MR) is 98.1 cm³/mol. The van der Waals surface area contributed by atoms with Crippen LogP contribution in [0.3, 0.4) is 0 Å². The average Bonchev–Trinajstić information content (AvgIpc) is 3.21. The first-order valence-electron chi connectivity index (χ1n) is 8.45. The number of nitrogens with zero attached hydrogens (tertiary/aromatic N) is 5. The lowest BCUT2D eigenvalue weighted by Gasteiger charge is -2.14. The molecule has 0 saturated carbocycles. The molecule has 3 rings (SSSR count). The quantitative estimate of drug-likeness (QED) is 0.775. The Morgan fingerprint density at radius 2 is 2.19 bits per heavy atom. The molecule has 2 aromatic rings. The van der Waals surface area contributed by atoms with Gasteiger partial charge in [-0.1, -0.05) is 12.1 Å². The van der Waals surface area contributed by atoms with Gasteiger partial charge in [-0.05, 0) is 12.1 Å². The highest BCUT2D eigenvalue weighted by atomic mass is 16.2. The van der Waals surface area contributed by atoms with E-state index in [0.29, 0.717) is 37.6 Å². The maximum Gasteiger partial charge on any atom is 0.317 e. The van der Waals surface area contributed by atoms with Crippen molar-refractivity contribution in [1.82, 2.24) is 30.3 Å².